The fourth-order valence-corrected chi connectivity index (χ4v) is 17.5. The van der Waals surface area contributed by atoms with Gasteiger partial charge in [-0.2, -0.15) is 0 Å². The van der Waals surface area contributed by atoms with Gasteiger partial charge in [-0.3, -0.25) is 0 Å². The first-order valence-corrected chi connectivity index (χ1v) is 30.1. The van der Waals surface area contributed by atoms with Crippen molar-refractivity contribution >= 4 is 34.1 Å². The van der Waals surface area contributed by atoms with Crippen molar-refractivity contribution in [2.24, 2.45) is 23.7 Å². The molecule has 0 aromatic heterocycles. The van der Waals surface area contributed by atoms with Gasteiger partial charge in [0.1, 0.15) is 0 Å². The summed E-state index contributed by atoms with van der Waals surface area (Å²) >= 11 is 0. The highest BCUT2D eigenvalue weighted by Crippen LogP contribution is 2.66. The van der Waals surface area contributed by atoms with Gasteiger partial charge in [0.25, 0.3) is 0 Å². The zero-order valence-electron chi connectivity index (χ0n) is 46.6. The molecule has 2 nitrogen and oxygen atoms in total. The van der Waals surface area contributed by atoms with Gasteiger partial charge in [0.05, 0.1) is 16.8 Å². The lowest BCUT2D eigenvalue weighted by atomic mass is 9.50. The molecule has 1 spiro atoms. The highest BCUT2D eigenvalue weighted by molar-refractivity contribution is 6.03. The summed E-state index contributed by atoms with van der Waals surface area (Å²) in [6, 6.07) is 99.7. The topological polar surface area (TPSA) is 6.48 Å². The molecule has 0 N–H and O–H groups in total. The van der Waals surface area contributed by atoms with Gasteiger partial charge in [-0.15, -0.1) is 0 Å². The van der Waals surface area contributed by atoms with E-state index < -0.39 is 5.41 Å². The minimum atomic E-state index is -0.667. The van der Waals surface area contributed by atoms with E-state index in [9.17, 15) is 0 Å². The number of nitrogens with zero attached hydrogens (tertiary/aromatic N) is 2. The van der Waals surface area contributed by atoms with E-state index in [1.165, 1.54) is 127 Å². The normalized spacial score (nSPS) is 21.3. The molecule has 0 amide bonds. The fourth-order valence-electron chi connectivity index (χ4n) is 17.5. The first kappa shape index (κ1) is 47.8. The smallest absolute Gasteiger partial charge is 0.0727 e. The lowest BCUT2D eigenvalue weighted by Crippen LogP contribution is -2.43. The van der Waals surface area contributed by atoms with Crippen LogP contribution in [0.1, 0.15) is 90.8 Å². The highest BCUT2D eigenvalue weighted by atomic mass is 15.2. The first-order chi connectivity index (χ1) is 40.4. The molecule has 82 heavy (non-hydrogen) atoms. The molecule has 1 atom stereocenters. The van der Waals surface area contributed by atoms with Crippen molar-refractivity contribution < 1.29 is 0 Å². The van der Waals surface area contributed by atoms with Gasteiger partial charge in [0, 0.05) is 39.3 Å². The van der Waals surface area contributed by atoms with Gasteiger partial charge < -0.3 is 9.80 Å². The third-order valence-corrected chi connectivity index (χ3v) is 20.6. The molecule has 0 saturated heterocycles. The Morgan fingerprint density at radius 1 is 0.293 bits per heavy atom. The summed E-state index contributed by atoms with van der Waals surface area (Å²) in [6.07, 6.45) is 7.06. The van der Waals surface area contributed by atoms with Crippen LogP contribution in [0, 0.1) is 23.7 Å². The standard InChI is InChI=1S/C80H64N2/c1-79(2)70-35-18-15-32-62(70)67-46-61(38-39-71(67)79)82(60-30-13-6-14-31-60)77-50-75-69(48-66(77)54-24-21-25-55(45-54)78-56-41-51-40-52(43-56)44-57(78)42-51)64-34-17-20-37-73(64)80(75)72-36-19-16-33-63(72)68-47-65(53-22-7-3-8-23-53)76(49-74(68)80)81(58-26-9-4-10-27-58)59-28-11-5-12-29-59/h3-39,45-52,56-57,78H,40-44H2,1-2H3. The molecule has 4 saturated carbocycles. The summed E-state index contributed by atoms with van der Waals surface area (Å²) < 4.78 is 0. The maximum absolute atomic E-state index is 2.65. The average Bonchev–Trinajstić information content (AvgIpc) is 2.15. The van der Waals surface area contributed by atoms with Crippen LogP contribution in [-0.2, 0) is 10.8 Å². The second-order valence-corrected chi connectivity index (χ2v) is 25.2. The molecule has 4 fully saturated rings. The summed E-state index contributed by atoms with van der Waals surface area (Å²) in [6.45, 7) is 4.78. The third kappa shape index (κ3) is 7.00. The molecule has 11 aromatic carbocycles. The highest BCUT2D eigenvalue weighted by Gasteiger charge is 2.53. The maximum Gasteiger partial charge on any atom is 0.0727 e. The molecule has 394 valence electrons. The van der Waals surface area contributed by atoms with Crippen molar-refractivity contribution in [2.75, 3.05) is 9.80 Å². The Morgan fingerprint density at radius 2 is 0.707 bits per heavy atom. The third-order valence-electron chi connectivity index (χ3n) is 20.6. The number of hydrogen-bond donors (Lipinski definition) is 0. The quantitative estimate of drug-likeness (QED) is 0.142. The zero-order valence-corrected chi connectivity index (χ0v) is 46.6. The molecule has 0 aliphatic heterocycles. The predicted octanol–water partition coefficient (Wildman–Crippen LogP) is 21.1. The second kappa shape index (κ2) is 18.3. The first-order valence-electron chi connectivity index (χ1n) is 30.1. The minimum Gasteiger partial charge on any atom is -0.310 e. The number of para-hydroxylation sites is 3. The van der Waals surface area contributed by atoms with Gasteiger partial charge in [0.15, 0.2) is 0 Å². The van der Waals surface area contributed by atoms with Crippen molar-refractivity contribution in [1.82, 2.24) is 0 Å². The van der Waals surface area contributed by atoms with Gasteiger partial charge in [0.2, 0.25) is 0 Å². The van der Waals surface area contributed by atoms with Gasteiger partial charge >= 0.3 is 0 Å². The van der Waals surface area contributed by atoms with E-state index in [0.29, 0.717) is 5.92 Å². The van der Waals surface area contributed by atoms with Gasteiger partial charge in [-0.1, -0.05) is 202 Å². The molecule has 7 aliphatic rings. The van der Waals surface area contributed by atoms with Gasteiger partial charge in [-0.25, -0.2) is 0 Å². The summed E-state index contributed by atoms with van der Waals surface area (Å²) in [4.78, 5) is 5.09. The zero-order chi connectivity index (χ0) is 54.3. The van der Waals surface area contributed by atoms with E-state index in [1.807, 2.05) is 0 Å². The molecule has 1 unspecified atom stereocenters. The van der Waals surface area contributed by atoms with Crippen molar-refractivity contribution in [1.29, 1.82) is 0 Å². The summed E-state index contributed by atoms with van der Waals surface area (Å²) in [7, 11) is 0. The largest absolute Gasteiger partial charge is 0.310 e. The number of hydrogen-bond acceptors (Lipinski definition) is 2. The maximum atomic E-state index is 2.65. The number of rotatable bonds is 9. The summed E-state index contributed by atoms with van der Waals surface area (Å²) in [5.41, 5.74) is 28.4. The van der Waals surface area contributed by atoms with E-state index >= 15 is 0 Å². The van der Waals surface area contributed by atoms with Crippen molar-refractivity contribution in [2.45, 2.75) is 62.7 Å². The van der Waals surface area contributed by atoms with E-state index in [2.05, 4.69) is 285 Å². The van der Waals surface area contributed by atoms with Crippen molar-refractivity contribution in [3.63, 3.8) is 0 Å². The molecule has 4 bridgehead atoms. The molecular weight excluding hydrogens is 989 g/mol. The fraction of sp³-hybridized carbons (Fsp3) is 0.175. The van der Waals surface area contributed by atoms with Crippen LogP contribution < -0.4 is 9.80 Å². The van der Waals surface area contributed by atoms with E-state index in [0.717, 1.165) is 52.1 Å². The molecule has 2 heteroatoms. The van der Waals surface area contributed by atoms with Crippen LogP contribution in [0.15, 0.2) is 261 Å². The number of anilines is 6. The lowest BCUT2D eigenvalue weighted by Gasteiger charge is -2.54. The van der Waals surface area contributed by atoms with Crippen LogP contribution in [0.5, 0.6) is 0 Å². The van der Waals surface area contributed by atoms with E-state index in [1.54, 1.807) is 5.56 Å². The Morgan fingerprint density at radius 3 is 1.24 bits per heavy atom. The Labute approximate surface area is 483 Å². The molecule has 7 aliphatic carbocycles. The molecule has 18 rings (SSSR count). The van der Waals surface area contributed by atoms with Crippen LogP contribution in [0.3, 0.4) is 0 Å². The van der Waals surface area contributed by atoms with Crippen LogP contribution >= 0.6 is 0 Å². The Balaban J connectivity index is 0.964. The Bertz CT molecular complexity index is 4260. The van der Waals surface area contributed by atoms with Crippen LogP contribution in [-0.4, -0.2) is 0 Å². The molecular formula is C80H64N2. The Kier molecular flexibility index (Phi) is 10.6. The molecule has 0 radical (unpaired) electrons. The monoisotopic (exact) mass is 1050 g/mol. The van der Waals surface area contributed by atoms with Crippen LogP contribution in [0.25, 0.3) is 55.6 Å². The Hall–Kier alpha value is -8.98. The second-order valence-electron chi connectivity index (χ2n) is 25.2. The van der Waals surface area contributed by atoms with E-state index in [4.69, 9.17) is 0 Å². The van der Waals surface area contributed by atoms with Crippen LogP contribution in [0.2, 0.25) is 0 Å². The van der Waals surface area contributed by atoms with Crippen molar-refractivity contribution in [3.8, 4) is 55.6 Å². The van der Waals surface area contributed by atoms with E-state index in [-0.39, 0.29) is 5.41 Å². The van der Waals surface area contributed by atoms with Crippen molar-refractivity contribution in [3.05, 3.63) is 300 Å². The number of benzene rings is 11. The molecule has 11 aromatic rings. The minimum absolute atomic E-state index is 0.115. The molecule has 0 heterocycles. The summed E-state index contributed by atoms with van der Waals surface area (Å²) in [5, 5.41) is 0. The van der Waals surface area contributed by atoms with Gasteiger partial charge in [-0.05, 0) is 218 Å². The average molecular weight is 1050 g/mol. The number of fused-ring (bicyclic) bond motifs is 13. The SMILES string of the molecule is CC1(C)c2ccccc2-c2cc(N(c3ccccc3)c3cc4c(cc3-c3cccc(C5C6CC7CC(C6)CC5C7)c3)-c3ccccc3C43c4ccccc4-c4cc(-c5ccccc5)c(N(c5ccccc5)c5ccccc5)cc43)ccc21. The van der Waals surface area contributed by atoms with Crippen LogP contribution in [0.4, 0.5) is 34.1 Å². The predicted molar refractivity (Wildman–Crippen MR) is 340 cm³/mol. The summed E-state index contributed by atoms with van der Waals surface area (Å²) in [5.74, 6) is 4.04. The lowest BCUT2D eigenvalue weighted by molar-refractivity contribution is -0.00276.